The van der Waals surface area contributed by atoms with Crippen LogP contribution < -0.4 is 10.6 Å². The van der Waals surface area contributed by atoms with Crippen LogP contribution in [0.3, 0.4) is 0 Å². The zero-order valence-electron chi connectivity index (χ0n) is 18.2. The Bertz CT molecular complexity index is 790. The highest BCUT2D eigenvalue weighted by molar-refractivity contribution is 7.98. The summed E-state index contributed by atoms with van der Waals surface area (Å²) in [5, 5.41) is 20.9. The molecule has 0 unspecified atom stereocenters. The molecule has 9 heteroatoms. The van der Waals surface area contributed by atoms with Crippen molar-refractivity contribution in [3.05, 3.63) is 22.8 Å². The normalized spacial score (nSPS) is 12.1. The lowest BCUT2D eigenvalue weighted by Crippen LogP contribution is -2.37. The first-order valence-corrected chi connectivity index (χ1v) is 11.0. The number of thioether (sulfide) groups is 1. The van der Waals surface area contributed by atoms with Gasteiger partial charge < -0.3 is 15.2 Å². The number of aryl methyl sites for hydroxylation is 3. The van der Waals surface area contributed by atoms with Gasteiger partial charge in [-0.25, -0.2) is 0 Å². The van der Waals surface area contributed by atoms with Gasteiger partial charge >= 0.3 is 0 Å². The summed E-state index contributed by atoms with van der Waals surface area (Å²) in [6.07, 6.45) is 3.91. The summed E-state index contributed by atoms with van der Waals surface area (Å²) < 4.78 is 4.16. The van der Waals surface area contributed by atoms with Gasteiger partial charge in [0.1, 0.15) is 5.82 Å². The molecular formula is C19H34N8S. The molecule has 0 aliphatic carbocycles. The minimum Gasteiger partial charge on any atom is -0.356 e. The number of rotatable bonds is 9. The molecule has 2 N–H and O–H groups in total. The molecular weight excluding hydrogens is 372 g/mol. The van der Waals surface area contributed by atoms with E-state index in [4.69, 9.17) is 0 Å². The topological polar surface area (TPSA) is 84.9 Å². The van der Waals surface area contributed by atoms with Gasteiger partial charge in [0, 0.05) is 51.4 Å². The predicted molar refractivity (Wildman–Crippen MR) is 116 cm³/mol. The van der Waals surface area contributed by atoms with E-state index in [9.17, 15) is 0 Å². The van der Waals surface area contributed by atoms with E-state index in [1.165, 1.54) is 11.3 Å². The molecule has 0 amide bonds. The largest absolute Gasteiger partial charge is 0.356 e. The van der Waals surface area contributed by atoms with Crippen LogP contribution in [-0.4, -0.2) is 50.4 Å². The Morgan fingerprint density at radius 3 is 2.54 bits per heavy atom. The van der Waals surface area contributed by atoms with Crippen molar-refractivity contribution in [3.8, 4) is 0 Å². The number of hydrogen-bond donors (Lipinski definition) is 2. The molecule has 0 spiro atoms. The number of guanidine groups is 1. The van der Waals surface area contributed by atoms with E-state index in [0.29, 0.717) is 12.5 Å². The molecule has 0 saturated carbocycles. The zero-order valence-corrected chi connectivity index (χ0v) is 19.0. The van der Waals surface area contributed by atoms with Crippen LogP contribution in [-0.2, 0) is 26.6 Å². The average Bonchev–Trinajstić information content (AvgIpc) is 3.14. The molecule has 0 radical (unpaired) electrons. The van der Waals surface area contributed by atoms with Crippen molar-refractivity contribution in [1.82, 2.24) is 35.2 Å². The molecule has 2 heterocycles. The van der Waals surface area contributed by atoms with Gasteiger partial charge in [0.2, 0.25) is 0 Å². The van der Waals surface area contributed by atoms with Crippen molar-refractivity contribution < 1.29 is 0 Å². The summed E-state index contributed by atoms with van der Waals surface area (Å²) in [6, 6.07) is 0. The Hall–Kier alpha value is -2.03. The molecule has 0 saturated heterocycles. The Morgan fingerprint density at radius 2 is 1.96 bits per heavy atom. The molecule has 0 aromatic carbocycles. The van der Waals surface area contributed by atoms with Crippen molar-refractivity contribution >= 4 is 17.7 Å². The highest BCUT2D eigenvalue weighted by Gasteiger charge is 2.13. The van der Waals surface area contributed by atoms with Crippen molar-refractivity contribution in [3.63, 3.8) is 0 Å². The molecule has 0 atom stereocenters. The summed E-state index contributed by atoms with van der Waals surface area (Å²) in [5.41, 5.74) is 3.45. The highest BCUT2D eigenvalue weighted by atomic mass is 32.2. The molecule has 0 bridgehead atoms. The standard InChI is InChI=1S/C19H34N8S/c1-13(2)12-27-17(23-24-19(27)28-7)9-8-10-21-18(20-5)22-11-16-14(3)25-26(6)15(16)4/h13H,8-12H2,1-7H3,(H2,20,21,22). The SMILES string of the molecule is CN=C(NCCCc1nnc(SC)n1CC(C)C)NCc1c(C)nn(C)c1C. The third-order valence-corrected chi connectivity index (χ3v) is 5.38. The number of hydrogen-bond acceptors (Lipinski definition) is 5. The number of nitrogens with one attached hydrogen (secondary N) is 2. The summed E-state index contributed by atoms with van der Waals surface area (Å²) in [5.74, 6) is 2.43. The summed E-state index contributed by atoms with van der Waals surface area (Å²) in [7, 11) is 3.77. The van der Waals surface area contributed by atoms with Crippen LogP contribution in [0.5, 0.6) is 0 Å². The maximum Gasteiger partial charge on any atom is 0.191 e. The summed E-state index contributed by atoms with van der Waals surface area (Å²) >= 11 is 1.65. The molecule has 0 aliphatic rings. The van der Waals surface area contributed by atoms with Gasteiger partial charge in [0.25, 0.3) is 0 Å². The second-order valence-corrected chi connectivity index (χ2v) is 8.11. The Kier molecular flexibility index (Phi) is 8.35. The molecule has 2 rings (SSSR count). The number of aliphatic imine (C=N–C) groups is 1. The van der Waals surface area contributed by atoms with Gasteiger partial charge in [0.15, 0.2) is 11.1 Å². The fourth-order valence-electron chi connectivity index (χ4n) is 3.12. The second kappa shape index (κ2) is 10.5. The van der Waals surface area contributed by atoms with Crippen LogP contribution in [0.4, 0.5) is 0 Å². The number of aromatic nitrogens is 5. The smallest absolute Gasteiger partial charge is 0.191 e. The fourth-order valence-corrected chi connectivity index (χ4v) is 3.65. The average molecular weight is 407 g/mol. The minimum absolute atomic E-state index is 0.571. The first kappa shape index (κ1) is 22.3. The maximum absolute atomic E-state index is 4.46. The van der Waals surface area contributed by atoms with Gasteiger partial charge in [-0.1, -0.05) is 25.6 Å². The summed E-state index contributed by atoms with van der Waals surface area (Å²) in [6.45, 7) is 11.1. The third kappa shape index (κ3) is 5.73. The quantitative estimate of drug-likeness (QED) is 0.288. The first-order chi connectivity index (χ1) is 13.4. The molecule has 8 nitrogen and oxygen atoms in total. The lowest BCUT2D eigenvalue weighted by Gasteiger charge is -2.13. The second-order valence-electron chi connectivity index (χ2n) is 7.34. The van der Waals surface area contributed by atoms with Gasteiger partial charge in [-0.2, -0.15) is 5.10 Å². The zero-order chi connectivity index (χ0) is 20.7. The predicted octanol–water partition coefficient (Wildman–Crippen LogP) is 2.30. The van der Waals surface area contributed by atoms with Crippen LogP contribution in [0.2, 0.25) is 0 Å². The molecule has 0 aliphatic heterocycles. The van der Waals surface area contributed by atoms with Crippen LogP contribution in [0.15, 0.2) is 10.1 Å². The monoisotopic (exact) mass is 406 g/mol. The van der Waals surface area contributed by atoms with Gasteiger partial charge in [0.05, 0.1) is 5.69 Å². The molecule has 28 heavy (non-hydrogen) atoms. The number of nitrogens with zero attached hydrogens (tertiary/aromatic N) is 6. The van der Waals surface area contributed by atoms with Gasteiger partial charge in [-0.3, -0.25) is 9.67 Å². The van der Waals surface area contributed by atoms with E-state index < -0.39 is 0 Å². The summed E-state index contributed by atoms with van der Waals surface area (Å²) in [4.78, 5) is 4.32. The first-order valence-electron chi connectivity index (χ1n) is 9.77. The molecule has 2 aromatic heterocycles. The van der Waals surface area contributed by atoms with Crippen molar-refractivity contribution in [1.29, 1.82) is 0 Å². The minimum atomic E-state index is 0.571. The Morgan fingerprint density at radius 1 is 1.21 bits per heavy atom. The highest BCUT2D eigenvalue weighted by Crippen LogP contribution is 2.16. The van der Waals surface area contributed by atoms with Crippen LogP contribution in [0.1, 0.15) is 43.0 Å². The van der Waals surface area contributed by atoms with Crippen LogP contribution >= 0.6 is 11.8 Å². The molecule has 0 fully saturated rings. The van der Waals surface area contributed by atoms with E-state index in [1.54, 1.807) is 18.8 Å². The van der Waals surface area contributed by atoms with E-state index >= 15 is 0 Å². The van der Waals surface area contributed by atoms with E-state index in [-0.39, 0.29) is 0 Å². The van der Waals surface area contributed by atoms with E-state index in [2.05, 4.69) is 56.3 Å². The van der Waals surface area contributed by atoms with Crippen LogP contribution in [0.25, 0.3) is 0 Å². The lowest BCUT2D eigenvalue weighted by molar-refractivity contribution is 0.477. The Balaban J connectivity index is 1.83. The van der Waals surface area contributed by atoms with Crippen LogP contribution in [0, 0.1) is 19.8 Å². The van der Waals surface area contributed by atoms with Gasteiger partial charge in [-0.05, 0) is 32.4 Å². The Labute approximate surface area is 172 Å². The third-order valence-electron chi connectivity index (χ3n) is 4.71. The lowest BCUT2D eigenvalue weighted by atomic mass is 10.2. The fraction of sp³-hybridized carbons (Fsp3) is 0.684. The van der Waals surface area contributed by atoms with Crippen molar-refractivity contribution in [2.45, 2.75) is 58.8 Å². The van der Waals surface area contributed by atoms with E-state index in [0.717, 1.165) is 48.6 Å². The molecule has 156 valence electrons. The molecule has 2 aromatic rings. The van der Waals surface area contributed by atoms with Gasteiger partial charge in [-0.15, -0.1) is 10.2 Å². The van der Waals surface area contributed by atoms with Crippen molar-refractivity contribution in [2.75, 3.05) is 19.8 Å². The van der Waals surface area contributed by atoms with Crippen molar-refractivity contribution in [2.24, 2.45) is 18.0 Å². The maximum atomic E-state index is 4.46. The van der Waals surface area contributed by atoms with E-state index in [1.807, 2.05) is 24.9 Å².